The molecule has 0 bridgehead atoms. The number of carboxylic acid groups (broad SMARTS) is 1. The van der Waals surface area contributed by atoms with Crippen LogP contribution in [0.1, 0.15) is 46.1 Å². The summed E-state index contributed by atoms with van der Waals surface area (Å²) in [6.45, 7) is 2.30. The molecule has 3 aromatic rings. The number of aromatic carboxylic acids is 1. The summed E-state index contributed by atoms with van der Waals surface area (Å²) in [6, 6.07) is 17.2. The molecule has 0 spiro atoms. The van der Waals surface area contributed by atoms with Gasteiger partial charge >= 0.3 is 5.97 Å². The van der Waals surface area contributed by atoms with Crippen LogP contribution < -0.4 is 9.47 Å². The number of hydrogen-bond acceptors (Lipinski definition) is 4. The Morgan fingerprint density at radius 3 is 2.28 bits per heavy atom. The number of rotatable bonds is 11. The number of aryl methyl sites for hydroxylation is 1. The van der Waals surface area contributed by atoms with E-state index < -0.39 is 12.1 Å². The van der Waals surface area contributed by atoms with Crippen LogP contribution in [0.2, 0.25) is 0 Å². The van der Waals surface area contributed by atoms with Crippen LogP contribution in [-0.2, 0) is 13.0 Å². The molecule has 1 unspecified atom stereocenters. The van der Waals surface area contributed by atoms with Crippen LogP contribution in [0.25, 0.3) is 0 Å². The Kier molecular flexibility index (Phi) is 7.95. The molecule has 0 aliphatic rings. The molecule has 0 aliphatic heterocycles. The molecule has 6 heteroatoms. The van der Waals surface area contributed by atoms with Gasteiger partial charge in [0, 0.05) is 24.2 Å². The number of aliphatic hydroxyl groups is 1. The van der Waals surface area contributed by atoms with E-state index in [4.69, 9.17) is 9.47 Å². The van der Waals surface area contributed by atoms with E-state index in [1.165, 1.54) is 5.56 Å². The van der Waals surface area contributed by atoms with Crippen LogP contribution in [0.3, 0.4) is 0 Å². The van der Waals surface area contributed by atoms with Gasteiger partial charge in [0.25, 0.3) is 0 Å². The van der Waals surface area contributed by atoms with Crippen molar-refractivity contribution in [3.8, 4) is 11.5 Å². The number of ether oxygens (including phenoxy) is 2. The lowest BCUT2D eigenvalue weighted by Gasteiger charge is -2.26. The molecule has 0 radical (unpaired) electrons. The van der Waals surface area contributed by atoms with Crippen LogP contribution in [0, 0.1) is 12.8 Å². The molecule has 32 heavy (non-hydrogen) atoms. The lowest BCUT2D eigenvalue weighted by atomic mass is 9.89. The first-order chi connectivity index (χ1) is 15.4. The minimum absolute atomic E-state index is 0.193. The summed E-state index contributed by atoms with van der Waals surface area (Å²) in [5.74, 6) is 0.120. The van der Waals surface area contributed by atoms with Gasteiger partial charge in [0.05, 0.1) is 20.3 Å². The second-order valence-electron chi connectivity index (χ2n) is 7.98. The summed E-state index contributed by atoms with van der Waals surface area (Å²) in [4.78, 5) is 11.6. The van der Waals surface area contributed by atoms with E-state index in [0.29, 0.717) is 23.6 Å². The van der Waals surface area contributed by atoms with Gasteiger partial charge in [-0.1, -0.05) is 30.3 Å². The number of hydrogen-bond donors (Lipinski definition) is 2. The highest BCUT2D eigenvalue weighted by atomic mass is 16.5. The summed E-state index contributed by atoms with van der Waals surface area (Å²) in [6.07, 6.45) is 3.43. The molecule has 1 heterocycles. The number of methoxy groups -OCH3 is 2. The lowest BCUT2D eigenvalue weighted by molar-refractivity contribution is 0.0667. The highest BCUT2D eigenvalue weighted by molar-refractivity contribution is 5.85. The van der Waals surface area contributed by atoms with Crippen molar-refractivity contribution in [2.75, 3.05) is 14.2 Å². The average Bonchev–Trinajstić information content (AvgIpc) is 3.27. The minimum Gasteiger partial charge on any atom is -0.496 e. The average molecular weight is 438 g/mol. The summed E-state index contributed by atoms with van der Waals surface area (Å²) in [5, 5.41) is 20.9. The van der Waals surface area contributed by atoms with E-state index in [1.54, 1.807) is 37.1 Å². The van der Waals surface area contributed by atoms with Gasteiger partial charge in [-0.15, -0.1) is 0 Å². The van der Waals surface area contributed by atoms with Gasteiger partial charge < -0.3 is 24.3 Å². The van der Waals surface area contributed by atoms with Crippen molar-refractivity contribution in [3.63, 3.8) is 0 Å². The largest absolute Gasteiger partial charge is 0.496 e. The fraction of sp³-hybridized carbons (Fsp3) is 0.346. The van der Waals surface area contributed by atoms with Gasteiger partial charge in [-0.25, -0.2) is 4.79 Å². The molecular weight excluding hydrogens is 406 g/mol. The normalized spacial score (nSPS) is 12.9. The van der Waals surface area contributed by atoms with Gasteiger partial charge in [0.15, 0.2) is 0 Å². The van der Waals surface area contributed by atoms with Gasteiger partial charge in [-0.3, -0.25) is 0 Å². The molecule has 0 fully saturated rings. The van der Waals surface area contributed by atoms with E-state index in [9.17, 15) is 15.0 Å². The third-order valence-corrected chi connectivity index (χ3v) is 5.93. The fourth-order valence-electron chi connectivity index (χ4n) is 4.13. The second-order valence-corrected chi connectivity index (χ2v) is 7.98. The van der Waals surface area contributed by atoms with Gasteiger partial charge in [0.2, 0.25) is 0 Å². The van der Waals surface area contributed by atoms with E-state index >= 15 is 0 Å². The molecular formula is C26H31NO5. The summed E-state index contributed by atoms with van der Waals surface area (Å²) in [7, 11) is 3.18. The molecule has 3 rings (SSSR count). The monoisotopic (exact) mass is 437 g/mol. The molecule has 1 aromatic heterocycles. The summed E-state index contributed by atoms with van der Waals surface area (Å²) in [5.41, 5.74) is 3.01. The lowest BCUT2D eigenvalue weighted by Crippen LogP contribution is -2.21. The van der Waals surface area contributed by atoms with Gasteiger partial charge in [0.1, 0.15) is 17.2 Å². The fourth-order valence-corrected chi connectivity index (χ4v) is 4.13. The first kappa shape index (κ1) is 23.4. The number of benzene rings is 2. The Bertz CT molecular complexity index is 1000. The summed E-state index contributed by atoms with van der Waals surface area (Å²) < 4.78 is 12.7. The maximum absolute atomic E-state index is 11.6. The summed E-state index contributed by atoms with van der Waals surface area (Å²) >= 11 is 0. The van der Waals surface area contributed by atoms with Crippen LogP contribution >= 0.6 is 0 Å². The molecule has 0 aliphatic carbocycles. The molecule has 2 N–H and O–H groups in total. The van der Waals surface area contributed by atoms with Crippen LogP contribution in [0.4, 0.5) is 0 Å². The van der Waals surface area contributed by atoms with E-state index in [0.717, 1.165) is 24.8 Å². The standard InChI is InChI=1S/C26H31NO5/c1-18-23(31-2)15-21(16-24(18)32-3)25(28)20(12-7-11-19-9-5-4-6-10-19)17-27-14-8-13-22(27)26(29)30/h4-6,8-10,13-16,20,25,28H,7,11-12,17H2,1-3H3,(H,29,30)/t20-,25?/m1/s1. The molecule has 0 saturated carbocycles. The van der Waals surface area contributed by atoms with Crippen molar-refractivity contribution in [3.05, 3.63) is 83.2 Å². The highest BCUT2D eigenvalue weighted by Gasteiger charge is 2.25. The Hall–Kier alpha value is -3.25. The SMILES string of the molecule is COc1cc(C(O)[C@H](CCCc2ccccc2)Cn2cccc2C(=O)O)cc(OC)c1C. The Morgan fingerprint density at radius 1 is 1.03 bits per heavy atom. The van der Waals surface area contributed by atoms with Crippen molar-refractivity contribution in [1.82, 2.24) is 4.57 Å². The predicted octanol–water partition coefficient (Wildman–Crippen LogP) is 4.88. The van der Waals surface area contributed by atoms with Crippen LogP contribution in [-0.4, -0.2) is 35.0 Å². The number of nitrogens with zero attached hydrogens (tertiary/aromatic N) is 1. The first-order valence-electron chi connectivity index (χ1n) is 10.8. The van der Waals surface area contributed by atoms with Crippen molar-refractivity contribution < 1.29 is 24.5 Å². The smallest absolute Gasteiger partial charge is 0.352 e. The molecule has 170 valence electrons. The Balaban J connectivity index is 1.86. The highest BCUT2D eigenvalue weighted by Crippen LogP contribution is 2.36. The molecule has 0 amide bonds. The van der Waals surface area contributed by atoms with Gasteiger partial charge in [-0.05, 0) is 61.6 Å². The molecule has 2 atom stereocenters. The van der Waals surface area contributed by atoms with Crippen LogP contribution in [0.5, 0.6) is 11.5 Å². The number of carbonyl (C=O) groups is 1. The van der Waals surface area contributed by atoms with Gasteiger partial charge in [-0.2, -0.15) is 0 Å². The molecule has 6 nitrogen and oxygen atoms in total. The van der Waals surface area contributed by atoms with Crippen molar-refractivity contribution in [2.45, 2.75) is 38.8 Å². The predicted molar refractivity (Wildman–Crippen MR) is 124 cm³/mol. The Morgan fingerprint density at radius 2 is 1.69 bits per heavy atom. The molecule has 2 aromatic carbocycles. The quantitative estimate of drug-likeness (QED) is 0.447. The zero-order valence-corrected chi connectivity index (χ0v) is 18.8. The number of aromatic nitrogens is 1. The number of carboxylic acids is 1. The minimum atomic E-state index is -0.980. The van der Waals surface area contributed by atoms with Crippen molar-refractivity contribution in [1.29, 1.82) is 0 Å². The van der Waals surface area contributed by atoms with Crippen molar-refractivity contribution >= 4 is 5.97 Å². The van der Waals surface area contributed by atoms with E-state index in [-0.39, 0.29) is 11.6 Å². The topological polar surface area (TPSA) is 80.9 Å². The van der Waals surface area contributed by atoms with Crippen LogP contribution in [0.15, 0.2) is 60.8 Å². The van der Waals surface area contributed by atoms with Crippen molar-refractivity contribution in [2.24, 2.45) is 5.92 Å². The third kappa shape index (κ3) is 5.51. The Labute approximate surface area is 189 Å². The maximum Gasteiger partial charge on any atom is 0.352 e. The second kappa shape index (κ2) is 10.9. The first-order valence-corrected chi connectivity index (χ1v) is 10.8. The van der Waals surface area contributed by atoms with E-state index in [1.807, 2.05) is 37.3 Å². The third-order valence-electron chi connectivity index (χ3n) is 5.93. The zero-order valence-electron chi connectivity index (χ0n) is 18.8. The number of aliphatic hydroxyl groups excluding tert-OH is 1. The zero-order chi connectivity index (χ0) is 23.1. The molecule has 0 saturated heterocycles. The van der Waals surface area contributed by atoms with E-state index in [2.05, 4.69) is 12.1 Å². The maximum atomic E-state index is 11.6.